The van der Waals surface area contributed by atoms with Gasteiger partial charge in [-0.15, -0.1) is 0 Å². The van der Waals surface area contributed by atoms with E-state index in [0.717, 1.165) is 24.4 Å². The maximum Gasteiger partial charge on any atom is 0.0663 e. The monoisotopic (exact) mass is 456 g/mol. The van der Waals surface area contributed by atoms with E-state index in [0.29, 0.717) is 45.0 Å². The lowest BCUT2D eigenvalue weighted by molar-refractivity contribution is -0.259. The van der Waals surface area contributed by atoms with Crippen molar-refractivity contribution in [2.75, 3.05) is 6.61 Å². The molecule has 1 saturated heterocycles. The quantitative estimate of drug-likeness (QED) is 0.409. The second kappa shape index (κ2) is 6.62. The van der Waals surface area contributed by atoms with Crippen LogP contribution in [0.25, 0.3) is 0 Å². The highest BCUT2D eigenvalue weighted by atomic mass is 16.5. The van der Waals surface area contributed by atoms with Gasteiger partial charge in [0, 0.05) is 0 Å². The van der Waals surface area contributed by atoms with Crippen molar-refractivity contribution in [3.63, 3.8) is 0 Å². The molecule has 1 heterocycles. The summed E-state index contributed by atoms with van der Waals surface area (Å²) in [5.74, 6) is 3.47. The summed E-state index contributed by atoms with van der Waals surface area (Å²) in [7, 11) is 0. The van der Waals surface area contributed by atoms with Gasteiger partial charge in [0.05, 0.1) is 18.8 Å². The van der Waals surface area contributed by atoms with E-state index in [1.54, 1.807) is 0 Å². The van der Waals surface area contributed by atoms with E-state index in [4.69, 9.17) is 4.74 Å². The van der Waals surface area contributed by atoms with Gasteiger partial charge >= 0.3 is 0 Å². The van der Waals surface area contributed by atoms with Gasteiger partial charge in [0.2, 0.25) is 0 Å². The van der Waals surface area contributed by atoms with Gasteiger partial charge in [-0.2, -0.15) is 0 Å². The molecule has 0 aromatic carbocycles. The van der Waals surface area contributed by atoms with Crippen LogP contribution in [0.4, 0.5) is 0 Å². The number of hydrogen-bond acceptors (Lipinski definition) is 2. The SMILES string of the molecule is C[C@@H]1C[C@]2(C)[C@H]3CC[C@@H]4[C@H]5[C@H]6OC[C@@]5(CCC6(C)C)CC[C@@]4(C)[C@]3(C)CC[C@H]2C(C)(C)[C@H]1O. The topological polar surface area (TPSA) is 29.5 Å². The first-order chi connectivity index (χ1) is 15.2. The molecule has 1 N–H and O–H groups in total. The van der Waals surface area contributed by atoms with E-state index < -0.39 is 0 Å². The summed E-state index contributed by atoms with van der Waals surface area (Å²) in [6.45, 7) is 21.3. The van der Waals surface area contributed by atoms with Crippen molar-refractivity contribution in [3.05, 3.63) is 0 Å². The van der Waals surface area contributed by atoms with Crippen LogP contribution < -0.4 is 0 Å². The van der Waals surface area contributed by atoms with E-state index in [-0.39, 0.29) is 11.5 Å². The molecule has 11 atom stereocenters. The zero-order valence-electron chi connectivity index (χ0n) is 23.0. The van der Waals surface area contributed by atoms with Crippen molar-refractivity contribution >= 4 is 0 Å². The number of aliphatic hydroxyl groups excluding tert-OH is 1. The van der Waals surface area contributed by atoms with Crippen molar-refractivity contribution in [1.82, 2.24) is 0 Å². The molecule has 6 aliphatic rings. The van der Waals surface area contributed by atoms with Gasteiger partial charge in [-0.25, -0.2) is 0 Å². The molecule has 0 radical (unpaired) electrons. The number of rotatable bonds is 0. The molecule has 0 unspecified atom stereocenters. The molecule has 33 heavy (non-hydrogen) atoms. The predicted octanol–water partition coefficient (Wildman–Crippen LogP) is 7.48. The molecule has 5 aliphatic carbocycles. The van der Waals surface area contributed by atoms with Crippen molar-refractivity contribution < 1.29 is 9.84 Å². The highest BCUT2D eigenvalue weighted by molar-refractivity contribution is 5.21. The summed E-state index contributed by atoms with van der Waals surface area (Å²) in [6, 6.07) is 0. The summed E-state index contributed by atoms with van der Waals surface area (Å²) in [6.07, 6.45) is 12.6. The molecule has 2 bridgehead atoms. The van der Waals surface area contributed by atoms with Gasteiger partial charge in [0.25, 0.3) is 0 Å². The Morgan fingerprint density at radius 1 is 0.758 bits per heavy atom. The molecular weight excluding hydrogens is 404 g/mol. The Hall–Kier alpha value is -0.0800. The standard InChI is InChI=1S/C31H52O2/c1-19-17-28(6)21(27(4,5)24(19)32)11-12-30(8)22(28)10-9-20-23-25-26(2,3)13-15-31(23,18-33-25)16-14-29(20,30)7/h19-25,32H,9-18H2,1-8H3/t19-,20-,21+,22-,23+,24+,25-,28+,29-,30-,31-/m1/s1. The Bertz CT molecular complexity index is 831. The van der Waals surface area contributed by atoms with Crippen LogP contribution in [0.2, 0.25) is 0 Å². The number of aliphatic hydroxyl groups is 1. The molecular formula is C31H52O2. The summed E-state index contributed by atoms with van der Waals surface area (Å²) in [5.41, 5.74) is 2.06. The van der Waals surface area contributed by atoms with Crippen LogP contribution in [0.5, 0.6) is 0 Å². The third-order valence-corrected chi connectivity index (χ3v) is 14.4. The molecule has 6 rings (SSSR count). The average Bonchev–Trinajstić information content (AvgIpc) is 3.06. The minimum absolute atomic E-state index is 0.0302. The predicted molar refractivity (Wildman–Crippen MR) is 135 cm³/mol. The lowest BCUT2D eigenvalue weighted by Gasteiger charge is -2.73. The Balaban J connectivity index is 1.40. The van der Waals surface area contributed by atoms with Crippen LogP contribution in [0.15, 0.2) is 0 Å². The molecule has 6 fully saturated rings. The Morgan fingerprint density at radius 2 is 1.45 bits per heavy atom. The van der Waals surface area contributed by atoms with E-state index >= 15 is 0 Å². The van der Waals surface area contributed by atoms with Crippen molar-refractivity contribution in [1.29, 1.82) is 0 Å². The zero-order chi connectivity index (χ0) is 23.8. The Labute approximate surface area is 204 Å². The van der Waals surface area contributed by atoms with Crippen molar-refractivity contribution in [3.8, 4) is 0 Å². The van der Waals surface area contributed by atoms with E-state index in [1.165, 1.54) is 57.8 Å². The van der Waals surface area contributed by atoms with Crippen molar-refractivity contribution in [2.45, 2.75) is 125 Å². The number of fused-ring (bicyclic) bond motifs is 5. The van der Waals surface area contributed by atoms with Gasteiger partial charge in [0.15, 0.2) is 0 Å². The summed E-state index contributed by atoms with van der Waals surface area (Å²) in [5, 5.41) is 11.2. The molecule has 0 amide bonds. The smallest absolute Gasteiger partial charge is 0.0663 e. The molecule has 0 aromatic heterocycles. The first-order valence-electron chi connectivity index (χ1n) is 14.5. The van der Waals surface area contributed by atoms with Crippen LogP contribution in [-0.4, -0.2) is 23.9 Å². The third kappa shape index (κ3) is 2.60. The van der Waals surface area contributed by atoms with Gasteiger partial charge < -0.3 is 9.84 Å². The number of ether oxygens (including phenoxy) is 1. The first-order valence-corrected chi connectivity index (χ1v) is 14.5. The first kappa shape index (κ1) is 23.3. The van der Waals surface area contributed by atoms with E-state index in [9.17, 15) is 5.11 Å². The molecule has 1 aliphatic heterocycles. The summed E-state index contributed by atoms with van der Waals surface area (Å²) >= 11 is 0. The summed E-state index contributed by atoms with van der Waals surface area (Å²) in [4.78, 5) is 0. The minimum Gasteiger partial charge on any atom is -0.392 e. The Morgan fingerprint density at radius 3 is 2.18 bits per heavy atom. The van der Waals surface area contributed by atoms with Gasteiger partial charge in [-0.05, 0) is 120 Å². The molecule has 188 valence electrons. The fourth-order valence-corrected chi connectivity index (χ4v) is 12.6. The molecule has 0 aromatic rings. The highest BCUT2D eigenvalue weighted by Gasteiger charge is 2.73. The molecule has 5 saturated carbocycles. The van der Waals surface area contributed by atoms with Crippen molar-refractivity contribution in [2.24, 2.45) is 62.1 Å². The van der Waals surface area contributed by atoms with Crippen LogP contribution in [0, 0.1) is 62.1 Å². The highest BCUT2D eigenvalue weighted by Crippen LogP contribution is 2.78. The van der Waals surface area contributed by atoms with E-state index in [2.05, 4.69) is 55.4 Å². The maximum absolute atomic E-state index is 11.2. The van der Waals surface area contributed by atoms with Gasteiger partial charge in [-0.3, -0.25) is 0 Å². The second-order valence-electron chi connectivity index (χ2n) is 16.2. The third-order valence-electron chi connectivity index (χ3n) is 14.4. The fraction of sp³-hybridized carbons (Fsp3) is 1.00. The zero-order valence-corrected chi connectivity index (χ0v) is 23.0. The van der Waals surface area contributed by atoms with Crippen LogP contribution in [-0.2, 0) is 4.74 Å². The molecule has 0 spiro atoms. The lowest BCUT2D eigenvalue weighted by atomic mass is 9.31. The van der Waals surface area contributed by atoms with Crippen LogP contribution in [0.1, 0.15) is 113 Å². The van der Waals surface area contributed by atoms with Crippen LogP contribution in [0.3, 0.4) is 0 Å². The van der Waals surface area contributed by atoms with Gasteiger partial charge in [-0.1, -0.05) is 55.4 Å². The number of hydrogen-bond donors (Lipinski definition) is 1. The Kier molecular flexibility index (Phi) is 4.68. The normalized spacial score (nSPS) is 60.8. The molecule has 2 heteroatoms. The summed E-state index contributed by atoms with van der Waals surface area (Å²) < 4.78 is 6.72. The second-order valence-corrected chi connectivity index (χ2v) is 16.2. The lowest BCUT2D eigenvalue weighted by Crippen LogP contribution is -2.68. The molecule has 2 nitrogen and oxygen atoms in total. The van der Waals surface area contributed by atoms with Gasteiger partial charge in [0.1, 0.15) is 0 Å². The van der Waals surface area contributed by atoms with Crippen LogP contribution >= 0.6 is 0 Å². The average molecular weight is 457 g/mol. The maximum atomic E-state index is 11.2. The fourth-order valence-electron chi connectivity index (χ4n) is 12.6. The largest absolute Gasteiger partial charge is 0.392 e. The minimum atomic E-state index is -0.154. The van der Waals surface area contributed by atoms with E-state index in [1.807, 2.05) is 0 Å².